The Morgan fingerprint density at radius 2 is 1.96 bits per heavy atom. The first-order valence-corrected chi connectivity index (χ1v) is 8.70. The molecule has 1 fully saturated rings. The fourth-order valence-electron chi connectivity index (χ4n) is 3.22. The molecule has 0 bridgehead atoms. The second-order valence-corrected chi connectivity index (χ2v) is 7.13. The minimum atomic E-state index is -0.994. The smallest absolute Gasteiger partial charge is 0.326 e. The van der Waals surface area contributed by atoms with Crippen LogP contribution < -0.4 is 0 Å². The summed E-state index contributed by atoms with van der Waals surface area (Å²) in [5.41, 5.74) is 3.16. The van der Waals surface area contributed by atoms with Gasteiger partial charge in [0.05, 0.1) is 10.2 Å². The van der Waals surface area contributed by atoms with E-state index >= 15 is 0 Å². The molecule has 2 aromatic rings. The third-order valence-corrected chi connectivity index (χ3v) is 5.52. The predicted molar refractivity (Wildman–Crippen MR) is 89.7 cm³/mol. The maximum absolute atomic E-state index is 13.0. The number of carbonyl (C=O) groups excluding carboxylic acids is 1. The van der Waals surface area contributed by atoms with Crippen molar-refractivity contribution in [2.24, 2.45) is 0 Å². The van der Waals surface area contributed by atoms with E-state index < -0.39 is 12.0 Å². The minimum Gasteiger partial charge on any atom is -0.480 e. The van der Waals surface area contributed by atoms with Gasteiger partial charge in [0, 0.05) is 18.9 Å². The molecular formula is C17H16BrN3O3. The van der Waals surface area contributed by atoms with Gasteiger partial charge in [-0.15, -0.1) is 0 Å². The number of hydrogen-bond donors (Lipinski definition) is 2. The van der Waals surface area contributed by atoms with Crippen molar-refractivity contribution in [1.82, 2.24) is 15.1 Å². The van der Waals surface area contributed by atoms with Crippen LogP contribution in [0.1, 0.15) is 46.1 Å². The zero-order valence-corrected chi connectivity index (χ0v) is 14.4. The predicted octanol–water partition coefficient (Wildman–Crippen LogP) is 2.70. The lowest BCUT2D eigenvalue weighted by atomic mass is 9.93. The third kappa shape index (κ3) is 2.53. The first kappa shape index (κ1) is 15.4. The molecule has 2 aliphatic rings. The van der Waals surface area contributed by atoms with E-state index in [-0.39, 0.29) is 18.1 Å². The Hall–Kier alpha value is -2.15. The van der Waals surface area contributed by atoms with Gasteiger partial charge < -0.3 is 10.0 Å². The fraction of sp³-hybridized carbons (Fsp3) is 0.353. The van der Waals surface area contributed by atoms with Crippen molar-refractivity contribution in [3.63, 3.8) is 0 Å². The molecule has 124 valence electrons. The number of aliphatic carboxylic acids is 1. The highest BCUT2D eigenvalue weighted by Gasteiger charge is 2.38. The van der Waals surface area contributed by atoms with Gasteiger partial charge in [-0.25, -0.2) is 4.79 Å². The topological polar surface area (TPSA) is 86.3 Å². The van der Waals surface area contributed by atoms with Crippen LogP contribution >= 0.6 is 15.9 Å². The number of rotatable bonds is 3. The molecule has 0 saturated heterocycles. The Morgan fingerprint density at radius 1 is 1.25 bits per heavy atom. The van der Waals surface area contributed by atoms with Crippen LogP contribution in [-0.2, 0) is 17.8 Å². The van der Waals surface area contributed by atoms with Crippen LogP contribution in [0.3, 0.4) is 0 Å². The number of hydrogen-bond acceptors (Lipinski definition) is 3. The number of fused-ring (bicyclic) bond motifs is 1. The van der Waals surface area contributed by atoms with Gasteiger partial charge in [0.25, 0.3) is 5.91 Å². The number of nitrogens with one attached hydrogen (secondary N) is 1. The maximum atomic E-state index is 13.0. The zero-order chi connectivity index (χ0) is 16.8. The molecule has 6 nitrogen and oxygen atoms in total. The lowest BCUT2D eigenvalue weighted by Gasteiger charge is -2.34. The number of aromatic amines is 1. The lowest BCUT2D eigenvalue weighted by Crippen LogP contribution is -2.48. The van der Waals surface area contributed by atoms with Crippen LogP contribution in [0, 0.1) is 0 Å². The molecule has 1 unspecified atom stereocenters. The summed E-state index contributed by atoms with van der Waals surface area (Å²) in [6.07, 6.45) is 2.49. The summed E-state index contributed by atoms with van der Waals surface area (Å²) in [5, 5.41) is 16.6. The first-order valence-electron chi connectivity index (χ1n) is 7.90. The largest absolute Gasteiger partial charge is 0.480 e. The molecule has 0 radical (unpaired) electrons. The summed E-state index contributed by atoms with van der Waals surface area (Å²) in [5.74, 6) is -0.926. The highest BCUT2D eigenvalue weighted by atomic mass is 79.9. The average molecular weight is 390 g/mol. The molecule has 1 saturated carbocycles. The number of benzene rings is 1. The van der Waals surface area contributed by atoms with Gasteiger partial charge in [-0.1, -0.05) is 24.3 Å². The van der Waals surface area contributed by atoms with Crippen LogP contribution in [0.5, 0.6) is 0 Å². The van der Waals surface area contributed by atoms with Crippen LogP contribution in [-0.4, -0.2) is 38.1 Å². The van der Waals surface area contributed by atoms with E-state index in [4.69, 9.17) is 0 Å². The molecule has 1 aliphatic carbocycles. The van der Waals surface area contributed by atoms with Gasteiger partial charge in [-0.2, -0.15) is 5.10 Å². The second-order valence-electron chi connectivity index (χ2n) is 6.33. The van der Waals surface area contributed by atoms with E-state index in [9.17, 15) is 14.7 Å². The van der Waals surface area contributed by atoms with E-state index in [2.05, 4.69) is 26.1 Å². The summed E-state index contributed by atoms with van der Waals surface area (Å²) < 4.78 is 0.665. The molecule has 7 heteroatoms. The van der Waals surface area contributed by atoms with Gasteiger partial charge in [0.2, 0.25) is 0 Å². The maximum Gasteiger partial charge on any atom is 0.326 e. The lowest BCUT2D eigenvalue weighted by molar-refractivity contribution is -0.142. The fourth-order valence-corrected chi connectivity index (χ4v) is 3.89. The van der Waals surface area contributed by atoms with Crippen molar-refractivity contribution >= 4 is 27.8 Å². The van der Waals surface area contributed by atoms with Gasteiger partial charge in [-0.3, -0.25) is 9.89 Å². The van der Waals surface area contributed by atoms with Gasteiger partial charge in [0.15, 0.2) is 5.69 Å². The zero-order valence-electron chi connectivity index (χ0n) is 12.8. The summed E-state index contributed by atoms with van der Waals surface area (Å²) in [6.45, 7) is 0.282. The average Bonchev–Trinajstić information content (AvgIpc) is 3.35. The normalized spacial score (nSPS) is 19.9. The minimum absolute atomic E-state index is 0.266. The molecule has 1 atom stereocenters. The number of carbonyl (C=O) groups is 2. The number of halogens is 1. The number of carboxylic acid groups (broad SMARTS) is 1. The highest BCUT2D eigenvalue weighted by molar-refractivity contribution is 9.10. The third-order valence-electron chi connectivity index (χ3n) is 4.72. The molecule has 2 N–H and O–H groups in total. The molecule has 4 rings (SSSR count). The molecule has 2 heterocycles. The van der Waals surface area contributed by atoms with E-state index in [1.54, 1.807) is 0 Å². The standard InChI is InChI=1S/C17H16BrN3O3/c18-13-14(9-5-6-9)19-20-15(13)16(22)21-8-11-4-2-1-3-10(11)7-12(21)17(23)24/h1-4,9,12H,5-8H2,(H,19,20)(H,23,24). The molecule has 0 spiro atoms. The van der Waals surface area contributed by atoms with Crippen molar-refractivity contribution in [3.8, 4) is 0 Å². The van der Waals surface area contributed by atoms with Crippen molar-refractivity contribution in [2.45, 2.75) is 37.8 Å². The number of carboxylic acids is 1. The molecule has 1 aromatic carbocycles. The summed E-state index contributed by atoms with van der Waals surface area (Å²) in [4.78, 5) is 26.0. The van der Waals surface area contributed by atoms with Crippen LogP contribution in [0.15, 0.2) is 28.7 Å². The van der Waals surface area contributed by atoms with E-state index in [1.165, 1.54) is 4.90 Å². The van der Waals surface area contributed by atoms with E-state index in [0.29, 0.717) is 16.8 Å². The van der Waals surface area contributed by atoms with Crippen LogP contribution in [0.25, 0.3) is 0 Å². The number of amides is 1. The summed E-state index contributed by atoms with van der Waals surface area (Å²) in [7, 11) is 0. The second kappa shape index (κ2) is 5.73. The van der Waals surface area contributed by atoms with Crippen molar-refractivity contribution in [2.75, 3.05) is 0 Å². The number of aromatic nitrogens is 2. The Bertz CT molecular complexity index is 828. The van der Waals surface area contributed by atoms with Crippen molar-refractivity contribution < 1.29 is 14.7 Å². The highest BCUT2D eigenvalue weighted by Crippen LogP contribution is 2.43. The van der Waals surface area contributed by atoms with Crippen LogP contribution in [0.2, 0.25) is 0 Å². The number of H-pyrrole nitrogens is 1. The molecule has 24 heavy (non-hydrogen) atoms. The quantitative estimate of drug-likeness (QED) is 0.844. The SMILES string of the molecule is O=C(O)C1Cc2ccccc2CN1C(=O)c1n[nH]c(C2CC2)c1Br. The summed E-state index contributed by atoms with van der Waals surface area (Å²) >= 11 is 3.46. The Labute approximate surface area is 147 Å². The van der Waals surface area contributed by atoms with Gasteiger partial charge in [0.1, 0.15) is 6.04 Å². The van der Waals surface area contributed by atoms with Crippen molar-refractivity contribution in [3.05, 3.63) is 51.3 Å². The molecule has 1 aromatic heterocycles. The Morgan fingerprint density at radius 3 is 2.62 bits per heavy atom. The van der Waals surface area contributed by atoms with Gasteiger partial charge >= 0.3 is 5.97 Å². The molecular weight excluding hydrogens is 374 g/mol. The Balaban J connectivity index is 1.68. The number of nitrogens with zero attached hydrogens (tertiary/aromatic N) is 2. The molecule has 1 amide bonds. The van der Waals surface area contributed by atoms with Crippen molar-refractivity contribution in [1.29, 1.82) is 0 Å². The molecule has 1 aliphatic heterocycles. The Kier molecular flexibility index (Phi) is 3.68. The van der Waals surface area contributed by atoms with E-state index in [0.717, 1.165) is 29.7 Å². The van der Waals surface area contributed by atoms with Gasteiger partial charge in [-0.05, 0) is 39.9 Å². The summed E-state index contributed by atoms with van der Waals surface area (Å²) in [6, 6.07) is 6.77. The first-order chi connectivity index (χ1) is 11.6. The van der Waals surface area contributed by atoms with E-state index in [1.807, 2.05) is 24.3 Å². The monoisotopic (exact) mass is 389 g/mol. The van der Waals surface area contributed by atoms with Crippen LogP contribution in [0.4, 0.5) is 0 Å².